The Morgan fingerprint density at radius 3 is 2.56 bits per heavy atom. The second-order valence-corrected chi connectivity index (χ2v) is 10.4. The number of nitrogens with zero attached hydrogens (tertiary/aromatic N) is 1. The third-order valence-electron chi connectivity index (χ3n) is 8.06. The minimum Gasteiger partial charge on any atom is -0.507 e. The Labute approximate surface area is 189 Å². The van der Waals surface area contributed by atoms with Crippen molar-refractivity contribution in [1.82, 2.24) is 4.73 Å². The summed E-state index contributed by atoms with van der Waals surface area (Å²) in [6.07, 6.45) is 7.87. The van der Waals surface area contributed by atoms with E-state index in [1.807, 2.05) is 6.92 Å². The summed E-state index contributed by atoms with van der Waals surface area (Å²) in [5.74, 6) is 1.84. The number of hydrogen-bond acceptors (Lipinski definition) is 6. The van der Waals surface area contributed by atoms with Gasteiger partial charge in [0.1, 0.15) is 11.9 Å². The van der Waals surface area contributed by atoms with Gasteiger partial charge in [-0.05, 0) is 68.6 Å². The molecule has 4 unspecified atom stereocenters. The summed E-state index contributed by atoms with van der Waals surface area (Å²) in [5, 5.41) is 42.0. The molecule has 2 aliphatic carbocycles. The summed E-state index contributed by atoms with van der Waals surface area (Å²) in [5.41, 5.74) is -0.360. The lowest BCUT2D eigenvalue weighted by atomic mass is 9.62. The van der Waals surface area contributed by atoms with Crippen molar-refractivity contribution in [3.05, 3.63) is 39.8 Å². The maximum absolute atomic E-state index is 12.8. The lowest BCUT2D eigenvalue weighted by Gasteiger charge is -2.43. The maximum atomic E-state index is 12.8. The predicted octanol–water partition coefficient (Wildman–Crippen LogP) is 3.17. The molecule has 2 fully saturated rings. The first-order valence-corrected chi connectivity index (χ1v) is 12.0. The van der Waals surface area contributed by atoms with Crippen LogP contribution in [0.3, 0.4) is 0 Å². The first-order valence-electron chi connectivity index (χ1n) is 12.0. The van der Waals surface area contributed by atoms with Crippen LogP contribution in [-0.2, 0) is 11.2 Å². The van der Waals surface area contributed by atoms with Crippen molar-refractivity contribution in [2.24, 2.45) is 29.6 Å². The second kappa shape index (κ2) is 9.20. The highest BCUT2D eigenvalue weighted by Gasteiger charge is 2.41. The van der Waals surface area contributed by atoms with Gasteiger partial charge in [0.2, 0.25) is 0 Å². The fourth-order valence-electron chi connectivity index (χ4n) is 5.97. The smallest absolute Gasteiger partial charge is 0.289 e. The predicted molar refractivity (Wildman–Crippen MR) is 120 cm³/mol. The summed E-state index contributed by atoms with van der Waals surface area (Å²) in [4.78, 5) is 12.8. The topological polar surface area (TPSA) is 115 Å². The van der Waals surface area contributed by atoms with Crippen LogP contribution >= 0.6 is 0 Å². The average molecular weight is 448 g/mol. The van der Waals surface area contributed by atoms with E-state index < -0.39 is 17.8 Å². The van der Waals surface area contributed by atoms with Crippen molar-refractivity contribution in [2.75, 3.05) is 0 Å². The van der Waals surface area contributed by atoms with Crippen LogP contribution in [-0.4, -0.2) is 43.6 Å². The van der Waals surface area contributed by atoms with E-state index in [4.69, 9.17) is 4.74 Å². The van der Waals surface area contributed by atoms with E-state index in [0.717, 1.165) is 19.0 Å². The van der Waals surface area contributed by atoms with E-state index in [-0.39, 0.29) is 47.3 Å². The standard InChI is InChI=1S/C25H37NO6/c1-13-4-7-17-16(10-13)6-5-14(2)18(17)11-19-23(29)20(12-26(31)25(19)30)21(27)8-9-22(28)24-15(3)32-24/h5-6,12-18,21-22,24,27-29,31H,4,7-11H2,1-3H3/t13-,14-,15?,16-,17-,18-,21?,22?,24?/m0/s1. The number of aliphatic hydroxyl groups is 2. The first kappa shape index (κ1) is 23.3. The van der Waals surface area contributed by atoms with Crippen molar-refractivity contribution in [3.8, 4) is 5.75 Å². The highest BCUT2D eigenvalue weighted by molar-refractivity contribution is 5.39. The molecule has 0 bridgehead atoms. The van der Waals surface area contributed by atoms with Crippen LogP contribution in [0.2, 0.25) is 0 Å². The van der Waals surface area contributed by atoms with Gasteiger partial charge in [0.05, 0.1) is 30.1 Å². The molecule has 0 radical (unpaired) electrons. The number of rotatable bonds is 7. The largest absolute Gasteiger partial charge is 0.507 e. The van der Waals surface area contributed by atoms with Gasteiger partial charge in [0, 0.05) is 5.56 Å². The Morgan fingerprint density at radius 2 is 1.88 bits per heavy atom. The maximum Gasteiger partial charge on any atom is 0.289 e. The number of ether oxygens (including phenoxy) is 1. The van der Waals surface area contributed by atoms with E-state index in [1.165, 1.54) is 6.42 Å². The molecule has 178 valence electrons. The van der Waals surface area contributed by atoms with Gasteiger partial charge in [0.15, 0.2) is 0 Å². The molecular weight excluding hydrogens is 410 g/mol. The molecule has 1 saturated heterocycles. The number of aliphatic hydroxyl groups excluding tert-OH is 2. The third kappa shape index (κ3) is 4.61. The zero-order valence-electron chi connectivity index (χ0n) is 19.2. The fourth-order valence-corrected chi connectivity index (χ4v) is 5.97. The number of aromatic hydroxyl groups is 1. The molecule has 0 aromatic carbocycles. The molecule has 4 N–H and O–H groups in total. The van der Waals surface area contributed by atoms with Crippen LogP contribution in [0, 0.1) is 29.6 Å². The summed E-state index contributed by atoms with van der Waals surface area (Å²) < 4.78 is 5.74. The molecule has 7 nitrogen and oxygen atoms in total. The molecule has 9 atom stereocenters. The normalized spacial score (nSPS) is 35.8. The van der Waals surface area contributed by atoms with Crippen molar-refractivity contribution in [3.63, 3.8) is 0 Å². The zero-order valence-corrected chi connectivity index (χ0v) is 19.2. The zero-order chi connectivity index (χ0) is 23.2. The Balaban J connectivity index is 1.54. The summed E-state index contributed by atoms with van der Waals surface area (Å²) in [6.45, 7) is 6.30. The van der Waals surface area contributed by atoms with Crippen LogP contribution in [0.15, 0.2) is 23.1 Å². The lowest BCUT2D eigenvalue weighted by Crippen LogP contribution is -2.37. The number of allylic oxidation sites excluding steroid dienone is 2. The van der Waals surface area contributed by atoms with Crippen LogP contribution in [0.1, 0.15) is 70.1 Å². The van der Waals surface area contributed by atoms with E-state index in [0.29, 0.717) is 35.3 Å². The Bertz CT molecular complexity index is 910. The minimum atomic E-state index is -1.11. The number of fused-ring (bicyclic) bond motifs is 1. The van der Waals surface area contributed by atoms with Crippen molar-refractivity contribution in [1.29, 1.82) is 0 Å². The molecule has 4 rings (SSSR count). The quantitative estimate of drug-likeness (QED) is 0.290. The van der Waals surface area contributed by atoms with Gasteiger partial charge in [-0.3, -0.25) is 4.79 Å². The molecule has 1 aromatic heterocycles. The lowest BCUT2D eigenvalue weighted by molar-refractivity contribution is 0.0905. The van der Waals surface area contributed by atoms with Crippen molar-refractivity contribution in [2.45, 2.75) is 83.7 Å². The summed E-state index contributed by atoms with van der Waals surface area (Å²) >= 11 is 0. The molecule has 0 spiro atoms. The van der Waals surface area contributed by atoms with Gasteiger partial charge in [-0.15, -0.1) is 0 Å². The SMILES string of the molecule is CC1OC1C(O)CCC(O)c1cn(O)c(=O)c(C[C@@H]2[C@H]3CC[C@H](C)C[C@@H]3C=C[C@@H]2C)c1O. The molecular formula is C25H37NO6. The minimum absolute atomic E-state index is 0.0135. The van der Waals surface area contributed by atoms with Crippen LogP contribution in [0.25, 0.3) is 0 Å². The second-order valence-electron chi connectivity index (χ2n) is 10.4. The van der Waals surface area contributed by atoms with Crippen LogP contribution in [0.5, 0.6) is 5.75 Å². The number of pyridine rings is 1. The molecule has 2 heterocycles. The van der Waals surface area contributed by atoms with Gasteiger partial charge in [0.25, 0.3) is 5.56 Å². The van der Waals surface area contributed by atoms with Crippen LogP contribution in [0.4, 0.5) is 0 Å². The van der Waals surface area contributed by atoms with E-state index >= 15 is 0 Å². The number of epoxide rings is 1. The molecule has 32 heavy (non-hydrogen) atoms. The van der Waals surface area contributed by atoms with Gasteiger partial charge < -0.3 is 25.3 Å². The summed E-state index contributed by atoms with van der Waals surface area (Å²) in [7, 11) is 0. The molecule has 1 saturated carbocycles. The van der Waals surface area contributed by atoms with E-state index in [1.54, 1.807) is 0 Å². The number of hydrogen-bond donors (Lipinski definition) is 4. The van der Waals surface area contributed by atoms with Crippen LogP contribution < -0.4 is 5.56 Å². The monoisotopic (exact) mass is 447 g/mol. The van der Waals surface area contributed by atoms with Gasteiger partial charge in [-0.2, -0.15) is 4.73 Å². The number of aromatic nitrogens is 1. The average Bonchev–Trinajstić information content (AvgIpc) is 3.49. The summed E-state index contributed by atoms with van der Waals surface area (Å²) in [6, 6.07) is 0. The van der Waals surface area contributed by atoms with Gasteiger partial charge >= 0.3 is 0 Å². The van der Waals surface area contributed by atoms with Gasteiger partial charge in [-0.25, -0.2) is 0 Å². The van der Waals surface area contributed by atoms with Crippen molar-refractivity contribution >= 4 is 0 Å². The highest BCUT2D eigenvalue weighted by Crippen LogP contribution is 2.46. The molecule has 7 heteroatoms. The first-order chi connectivity index (χ1) is 15.2. The molecule has 1 aromatic rings. The highest BCUT2D eigenvalue weighted by atomic mass is 16.6. The Morgan fingerprint density at radius 1 is 1.16 bits per heavy atom. The Kier molecular flexibility index (Phi) is 6.71. The molecule has 1 aliphatic heterocycles. The van der Waals surface area contributed by atoms with E-state index in [9.17, 15) is 25.3 Å². The van der Waals surface area contributed by atoms with Crippen molar-refractivity contribution < 1.29 is 25.3 Å². The van der Waals surface area contributed by atoms with Gasteiger partial charge in [-0.1, -0.05) is 32.4 Å². The molecule has 3 aliphatic rings. The van der Waals surface area contributed by atoms with E-state index in [2.05, 4.69) is 26.0 Å². The molecule has 0 amide bonds. The fraction of sp³-hybridized carbons (Fsp3) is 0.720. The third-order valence-corrected chi connectivity index (χ3v) is 8.06. The Hall–Kier alpha value is -1.83.